The maximum absolute atomic E-state index is 13.8. The van der Waals surface area contributed by atoms with E-state index in [2.05, 4.69) is 0 Å². The first kappa shape index (κ1) is 54.2. The molecule has 0 amide bonds. The standard InChI is InChI=1S/C32H37NO12.C22H24O9/c1-14-31(45-21-8-3-4-9-42-21)17(33)10-22(43-14)44-19-12-32(40,20(35)13-34)11-16-24(19)30(39)26-25(28(16)37)27(36)15-6-5-7-18(41-2)23(15)29(26)38;1-27-16-4-10(5-17(28-2)21(16)29-3)18-11-6-14-15(31-9-30-14)7-12(11)20(24)13(8-23)19(18)22(25)26/h5-7,14,17,19,21-22,31,34,37,39-40H,3-4,8-13,33H2,1-2H3;4-7,13,18-20,23-24H,8-9H2,1-3H3,(H,25,26)/t14-,17-,19?,21+,22-,31+,32-;13-,18+,19-,20-/m00/s1. The van der Waals surface area contributed by atoms with Crippen molar-refractivity contribution in [1.82, 2.24) is 0 Å². The van der Waals surface area contributed by atoms with Gasteiger partial charge in [0.1, 0.15) is 35.6 Å². The average Bonchev–Trinajstić information content (AvgIpc) is 3.94. The Morgan fingerprint density at radius 2 is 1.50 bits per heavy atom. The van der Waals surface area contributed by atoms with Crippen LogP contribution in [0.3, 0.4) is 0 Å². The number of benzene rings is 4. The van der Waals surface area contributed by atoms with Crippen LogP contribution in [0.1, 0.15) is 117 Å². The molecule has 3 heterocycles. The summed E-state index contributed by atoms with van der Waals surface area (Å²) in [5, 5.41) is 75.3. The number of carboxylic acids is 1. The summed E-state index contributed by atoms with van der Waals surface area (Å²) < 4.78 is 56.7. The number of carbonyl (C=O) groups excluding carboxylic acids is 3. The van der Waals surface area contributed by atoms with Crippen molar-refractivity contribution in [2.75, 3.05) is 55.1 Å². The maximum Gasteiger partial charge on any atom is 0.307 e. The molecule has 1 unspecified atom stereocenters. The monoisotopic (exact) mass is 1060 g/mol. The Balaban J connectivity index is 0.000000199. The van der Waals surface area contributed by atoms with E-state index in [9.17, 15) is 54.9 Å². The summed E-state index contributed by atoms with van der Waals surface area (Å²) >= 11 is 0. The van der Waals surface area contributed by atoms with Crippen molar-refractivity contribution in [2.45, 2.75) is 100 Å². The van der Waals surface area contributed by atoms with Gasteiger partial charge in [-0.05, 0) is 73.2 Å². The van der Waals surface area contributed by atoms with Gasteiger partial charge in [-0.3, -0.25) is 19.2 Å². The number of aliphatic carboxylic acids is 1. The summed E-state index contributed by atoms with van der Waals surface area (Å²) in [6.07, 6.45) is -3.22. The molecule has 2 saturated heterocycles. The largest absolute Gasteiger partial charge is 0.507 e. The fourth-order valence-electron chi connectivity index (χ4n) is 11.5. The number of methoxy groups -OCH3 is 4. The smallest absolute Gasteiger partial charge is 0.307 e. The lowest BCUT2D eigenvalue weighted by atomic mass is 9.65. The molecule has 22 heteroatoms. The number of aromatic hydroxyl groups is 2. The molecule has 6 aliphatic rings. The Labute approximate surface area is 435 Å². The van der Waals surface area contributed by atoms with E-state index in [1.165, 1.54) is 46.6 Å². The van der Waals surface area contributed by atoms with Crippen LogP contribution in [0.2, 0.25) is 0 Å². The van der Waals surface area contributed by atoms with Gasteiger partial charge in [0.15, 0.2) is 47.1 Å². The fraction of sp³-hybridized carbons (Fsp3) is 0.481. The van der Waals surface area contributed by atoms with E-state index in [0.29, 0.717) is 52.0 Å². The number of phenols is 2. The highest BCUT2D eigenvalue weighted by molar-refractivity contribution is 6.31. The Morgan fingerprint density at radius 1 is 0.829 bits per heavy atom. The number of fused-ring (bicyclic) bond motifs is 5. The molecule has 3 aliphatic carbocycles. The van der Waals surface area contributed by atoms with Crippen LogP contribution in [-0.2, 0) is 35.0 Å². The van der Waals surface area contributed by atoms with Gasteiger partial charge in [0.2, 0.25) is 18.3 Å². The molecule has 0 saturated carbocycles. The van der Waals surface area contributed by atoms with E-state index in [4.69, 9.17) is 53.1 Å². The first-order valence-electron chi connectivity index (χ1n) is 24.8. The minimum absolute atomic E-state index is 0.0367. The van der Waals surface area contributed by atoms with Crippen molar-refractivity contribution >= 4 is 23.3 Å². The summed E-state index contributed by atoms with van der Waals surface area (Å²) in [6, 6.07) is 10.6. The number of aliphatic hydroxyl groups is 4. The van der Waals surface area contributed by atoms with Gasteiger partial charge in [0.25, 0.3) is 0 Å². The number of phenolic OH excluding ortho intramolecular Hbond substituents is 2. The van der Waals surface area contributed by atoms with Gasteiger partial charge < -0.3 is 88.8 Å². The van der Waals surface area contributed by atoms with Gasteiger partial charge in [-0.1, -0.05) is 12.1 Å². The normalized spacial score (nSPS) is 28.1. The van der Waals surface area contributed by atoms with Crippen LogP contribution < -0.4 is 34.2 Å². The number of hydrogen-bond donors (Lipinski definition) is 8. The lowest BCUT2D eigenvalue weighted by Gasteiger charge is -2.43. The van der Waals surface area contributed by atoms with E-state index in [0.717, 1.165) is 19.3 Å². The van der Waals surface area contributed by atoms with Gasteiger partial charge in [0.05, 0.1) is 69.4 Å². The first-order chi connectivity index (χ1) is 36.4. The van der Waals surface area contributed by atoms with Crippen LogP contribution in [0.25, 0.3) is 0 Å². The Kier molecular flexibility index (Phi) is 15.5. The van der Waals surface area contributed by atoms with Crippen LogP contribution in [0.5, 0.6) is 46.0 Å². The van der Waals surface area contributed by atoms with Crippen LogP contribution >= 0.6 is 0 Å². The number of ether oxygens (including phenoxy) is 10. The molecule has 9 N–H and O–H groups in total. The van der Waals surface area contributed by atoms with E-state index in [-0.39, 0.29) is 41.2 Å². The SMILES string of the molecule is COc1cc([C@@H]2c3cc4c(cc3[C@H](O)[C@@H](CO)[C@@H]2C(=O)O)OCO4)cc(OC)c1OC.COc1cccc2c1C(=O)c1c(O)c3c(c(O)c1C2=O)C[C@@](O)(C(=O)CO)CC3O[C@H]1C[C@H](N)[C@H](O[C@@H]2CCCCO2)[C@H](C)O1. The summed E-state index contributed by atoms with van der Waals surface area (Å²) in [4.78, 5) is 52.6. The number of Topliss-reactive ketones (excluding diaryl/α,β-unsaturated/α-hetero) is 1. The number of carboxylic acid groups (broad SMARTS) is 1. The molecule has 2 fully saturated rings. The zero-order valence-corrected chi connectivity index (χ0v) is 42.3. The van der Waals surface area contributed by atoms with Crippen molar-refractivity contribution in [1.29, 1.82) is 0 Å². The minimum atomic E-state index is -2.24. The second kappa shape index (κ2) is 21.8. The van der Waals surface area contributed by atoms with E-state index in [1.807, 2.05) is 0 Å². The van der Waals surface area contributed by atoms with Crippen LogP contribution in [0.4, 0.5) is 0 Å². The number of hydrogen-bond acceptors (Lipinski definition) is 21. The Morgan fingerprint density at radius 3 is 2.09 bits per heavy atom. The predicted molar refractivity (Wildman–Crippen MR) is 261 cm³/mol. The van der Waals surface area contributed by atoms with Crippen LogP contribution in [0.15, 0.2) is 42.5 Å². The minimum Gasteiger partial charge on any atom is -0.507 e. The van der Waals surface area contributed by atoms with Crippen LogP contribution in [0, 0.1) is 11.8 Å². The van der Waals surface area contributed by atoms with Crippen molar-refractivity contribution in [3.05, 3.63) is 92.5 Å². The van der Waals surface area contributed by atoms with Crippen LogP contribution in [-0.4, -0.2) is 151 Å². The number of ketones is 3. The lowest BCUT2D eigenvalue weighted by Crippen LogP contribution is -2.55. The topological polar surface area (TPSA) is 328 Å². The van der Waals surface area contributed by atoms with E-state index in [1.54, 1.807) is 31.2 Å². The summed E-state index contributed by atoms with van der Waals surface area (Å²) in [6.45, 7) is 0.877. The number of rotatable bonds is 13. The highest BCUT2D eigenvalue weighted by atomic mass is 16.7. The molecule has 0 aromatic heterocycles. The predicted octanol–water partition coefficient (Wildman–Crippen LogP) is 3.48. The lowest BCUT2D eigenvalue weighted by molar-refractivity contribution is -0.281. The van der Waals surface area contributed by atoms with Crippen molar-refractivity contribution in [3.8, 4) is 46.0 Å². The third kappa shape index (κ3) is 9.44. The van der Waals surface area contributed by atoms with Gasteiger partial charge in [-0.25, -0.2) is 0 Å². The van der Waals surface area contributed by atoms with Crippen molar-refractivity contribution < 1.29 is 102 Å². The fourth-order valence-corrected chi connectivity index (χ4v) is 11.5. The first-order valence-corrected chi connectivity index (χ1v) is 24.8. The quantitative estimate of drug-likeness (QED) is 0.0783. The maximum atomic E-state index is 13.8. The van der Waals surface area contributed by atoms with Gasteiger partial charge >= 0.3 is 5.97 Å². The third-order valence-electron chi connectivity index (χ3n) is 15.2. The highest BCUT2D eigenvalue weighted by Gasteiger charge is 2.51. The number of carbonyl (C=O) groups is 4. The second-order valence-electron chi connectivity index (χ2n) is 19.5. The molecule has 10 rings (SSSR count). The van der Waals surface area contributed by atoms with Crippen molar-refractivity contribution in [2.24, 2.45) is 17.6 Å². The zero-order valence-electron chi connectivity index (χ0n) is 42.3. The van der Waals surface area contributed by atoms with Gasteiger partial charge in [-0.15, -0.1) is 0 Å². The van der Waals surface area contributed by atoms with E-state index >= 15 is 0 Å². The second-order valence-corrected chi connectivity index (χ2v) is 19.5. The molecule has 0 radical (unpaired) electrons. The molecule has 4 aromatic rings. The highest BCUT2D eigenvalue weighted by Crippen LogP contribution is 2.55. The molecule has 408 valence electrons. The van der Waals surface area contributed by atoms with Gasteiger partial charge in [-0.2, -0.15) is 0 Å². The molecular weight excluding hydrogens is 999 g/mol. The molecule has 11 atom stereocenters. The van der Waals surface area contributed by atoms with E-state index < -0.39 is 138 Å². The summed E-state index contributed by atoms with van der Waals surface area (Å²) in [5.74, 6) is -5.54. The number of nitrogens with two attached hydrogens (primary N) is 1. The molecule has 4 aromatic carbocycles. The molecule has 76 heavy (non-hydrogen) atoms. The molecule has 3 aliphatic heterocycles. The number of aliphatic hydroxyl groups excluding tert-OH is 3. The Bertz CT molecular complexity index is 2880. The van der Waals surface area contributed by atoms with Gasteiger partial charge in [0, 0.05) is 67.0 Å². The zero-order chi connectivity index (χ0) is 54.5. The summed E-state index contributed by atoms with van der Waals surface area (Å²) in [7, 11) is 5.77. The molecule has 0 bridgehead atoms. The third-order valence-corrected chi connectivity index (χ3v) is 15.2. The Hall–Kier alpha value is -6.60. The van der Waals surface area contributed by atoms with Crippen molar-refractivity contribution in [3.63, 3.8) is 0 Å². The molecular formula is C54H61NO21. The molecule has 22 nitrogen and oxygen atoms in total. The summed E-state index contributed by atoms with van der Waals surface area (Å²) in [5.41, 5.74) is 4.61. The molecule has 0 spiro atoms. The average molecular weight is 1060 g/mol.